The van der Waals surface area contributed by atoms with Crippen molar-refractivity contribution in [3.05, 3.63) is 140 Å². The number of carbonyl (C=O) groups excluding carboxylic acids is 15. The quantitative estimate of drug-likeness (QED) is 0.0345. The van der Waals surface area contributed by atoms with Crippen LogP contribution < -0.4 is 84.9 Å². The first kappa shape index (κ1) is 94.1. The highest BCUT2D eigenvalue weighted by atomic mass is 79.9. The molecule has 1 aromatic heterocycles. The molecule has 19 atom stereocenters. The third-order valence-electron chi connectivity index (χ3n) is 18.8. The monoisotopic (exact) mass is 1780 g/mol. The number of imidazole rings is 1. The number of allylic oxidation sites excluding steroid dienone is 2. The number of amides is 14. The number of benzene rings is 3. The fourth-order valence-electron chi connectivity index (χ4n) is 12.5. The molecule has 0 saturated carbocycles. The molecule has 4 bridgehead atoms. The molecule has 3 aromatic carbocycles. The number of fused-ring (bicyclic) bond motifs is 2. The van der Waals surface area contributed by atoms with E-state index in [0.717, 1.165) is 33.1 Å². The molecular formula is C74H94Br2N16O26. The van der Waals surface area contributed by atoms with Crippen LogP contribution in [0.4, 0.5) is 0 Å². The summed E-state index contributed by atoms with van der Waals surface area (Å²) in [6.07, 6.45) is -17.1. The predicted molar refractivity (Wildman–Crippen MR) is 411 cm³/mol. The van der Waals surface area contributed by atoms with Gasteiger partial charge in [-0.15, -0.1) is 0 Å². The van der Waals surface area contributed by atoms with E-state index < -0.39 is 288 Å². The minimum absolute atomic E-state index is 0.322. The molecule has 44 heteroatoms. The van der Waals surface area contributed by atoms with E-state index in [0.29, 0.717) is 26.7 Å². The molecule has 42 nitrogen and oxygen atoms in total. The Morgan fingerprint density at radius 3 is 1.76 bits per heavy atom. The van der Waals surface area contributed by atoms with Gasteiger partial charge in [0.2, 0.25) is 95.3 Å². The number of ether oxygens (including phenoxy) is 1. The highest BCUT2D eigenvalue weighted by Gasteiger charge is 2.46. The first-order valence-electron chi connectivity index (χ1n) is 36.8. The number of nitrogens with two attached hydrogens (primary N) is 2. The van der Waals surface area contributed by atoms with Gasteiger partial charge in [0, 0.05) is 47.6 Å². The summed E-state index contributed by atoms with van der Waals surface area (Å²) in [5.74, 6) is -21.5. The highest BCUT2D eigenvalue weighted by Crippen LogP contribution is 2.23. The molecule has 0 aliphatic carbocycles. The highest BCUT2D eigenvalue weighted by molar-refractivity contribution is 9.10. The molecule has 3 aliphatic rings. The van der Waals surface area contributed by atoms with Crippen LogP contribution in [-0.2, 0) is 102 Å². The summed E-state index contributed by atoms with van der Waals surface area (Å²) in [6, 6.07) is -2.34. The van der Waals surface area contributed by atoms with Gasteiger partial charge in [0.1, 0.15) is 91.1 Å². The molecule has 1 saturated heterocycles. The zero-order valence-electron chi connectivity index (χ0n) is 63.3. The zero-order valence-corrected chi connectivity index (χ0v) is 66.5. The van der Waals surface area contributed by atoms with E-state index in [-0.39, 0.29) is 5.69 Å². The second-order valence-electron chi connectivity index (χ2n) is 28.2. The Balaban J connectivity index is 1.43. The van der Waals surface area contributed by atoms with Crippen molar-refractivity contribution in [2.45, 2.75) is 187 Å². The smallest absolute Gasteiger partial charge is 0.248 e. The van der Waals surface area contributed by atoms with Gasteiger partial charge in [0.25, 0.3) is 0 Å². The number of halogens is 2. The van der Waals surface area contributed by atoms with Gasteiger partial charge < -0.3 is 136 Å². The van der Waals surface area contributed by atoms with Crippen molar-refractivity contribution in [2.24, 2.45) is 11.5 Å². The lowest BCUT2D eigenvalue weighted by atomic mass is 10.0. The van der Waals surface area contributed by atoms with Gasteiger partial charge in [0.05, 0.1) is 69.0 Å². The predicted octanol–water partition coefficient (Wildman–Crippen LogP) is -10.8. The minimum atomic E-state index is -2.72. The Bertz CT molecular complexity index is 4350. The summed E-state index contributed by atoms with van der Waals surface area (Å²) in [5, 5.41) is 141. The Labute approximate surface area is 689 Å². The van der Waals surface area contributed by atoms with Crippen LogP contribution in [0, 0.1) is 0 Å². The molecule has 7 rings (SSSR count). The Kier molecular flexibility index (Phi) is 35.5. The van der Waals surface area contributed by atoms with E-state index in [9.17, 15) is 113 Å². The topological polar surface area (TPSA) is 676 Å². The summed E-state index contributed by atoms with van der Waals surface area (Å²) < 4.78 is 8.99. The summed E-state index contributed by atoms with van der Waals surface area (Å²) >= 11 is 6.64. The lowest BCUT2D eigenvalue weighted by Crippen LogP contribution is -2.63. The van der Waals surface area contributed by atoms with Crippen molar-refractivity contribution in [1.82, 2.24) is 68.4 Å². The van der Waals surface area contributed by atoms with Crippen LogP contribution in [0.15, 0.2) is 118 Å². The van der Waals surface area contributed by atoms with Gasteiger partial charge in [-0.25, -0.2) is 9.13 Å². The zero-order chi connectivity index (χ0) is 86.9. The molecule has 3 aliphatic heterocycles. The number of rotatable bonds is 17. The molecule has 640 valence electrons. The maximum atomic E-state index is 15.3. The number of nitrogens with one attached hydrogen (secondary N) is 12. The van der Waals surface area contributed by atoms with E-state index >= 15 is 9.59 Å². The van der Waals surface area contributed by atoms with Crippen molar-refractivity contribution in [2.75, 3.05) is 26.4 Å². The standard InChI is InChI=1S/C74H94Br2N16O26/c1-34(8-9-36-10-14-39(75)15-11-36)20-52(97)43-27-57(102)82-50(30-93)69(112)87-49-29-91-28-41(92(33-91)73-62(105)60(103)53(98)32-118-73)23-46(66(109)89-58(35(2)95)71(114)88-51(31-94)70(113)84-45(65(108)83-43)21-37-6-4-3-5-7-37)80-56(101)25-42(96)24-48(74(116)117)81-55(100)18-19-79-64(107)44(22-38-12-16-40(76)17-13-38)86-72(115)59(61(104)63(78)106)90-67(110)47(26-54(77)99)85-68(49)111/h3-17,20,28,33,35,42-53,58-62,73,93-98,103-105H,18-19,21-27,29-32H2,1-2H3,(H16-,77,78,79,80,81,82,83,84,85,86,87,88,89,90,99,100,101,102,106,107,108,109,110,111,112,113,114,115,116,117)/b9-8+,34-20+/t35-,42+,43-,44-,45-,46-,47-,48-,49+,50-,51-,52-,53-,58-,59-,60-,61+,62+,73+/m0/s1. The number of nitrogens with zero attached hydrogens (tertiary/aromatic N) is 2. The van der Waals surface area contributed by atoms with Crippen LogP contribution in [-0.4, -0.2) is 275 Å². The normalized spacial score (nSPS) is 27.7. The van der Waals surface area contributed by atoms with Gasteiger partial charge in [0.15, 0.2) is 6.10 Å². The van der Waals surface area contributed by atoms with Crippen LogP contribution in [0.2, 0.25) is 0 Å². The largest absolute Gasteiger partial charge is 0.548 e. The van der Waals surface area contributed by atoms with E-state index in [1.165, 1.54) is 30.3 Å². The molecule has 1 fully saturated rings. The molecule has 4 aromatic rings. The lowest BCUT2D eigenvalue weighted by molar-refractivity contribution is -0.780. The molecule has 25 N–H and O–H groups in total. The number of aliphatic carboxylic acids is 1. The Morgan fingerprint density at radius 1 is 0.602 bits per heavy atom. The summed E-state index contributed by atoms with van der Waals surface area (Å²) in [4.78, 5) is 213. The molecule has 0 spiro atoms. The maximum Gasteiger partial charge on any atom is 0.248 e. The van der Waals surface area contributed by atoms with E-state index in [4.69, 9.17) is 16.2 Å². The average molecular weight is 1780 g/mol. The SMILES string of the molecule is CC(/C=C/c1ccc(Br)cc1)=C\[C@H](O)[C@@H]1CC(=O)N[C@@H](CO)C(=O)N[C@@H]2Cn3cc([n+]([C@@H]4OC[C@H](O)[C@H](O)[C@H]4O)c3)C[C@H](NC(=O)C[C@H](O)C[C@@H](C(=O)[O-])NC(=O)CCNC(=O)[C@H](Cc3ccc(Br)cc3)NC(=O)[C@H]([C@@H](O)C(N)=O)NC(=O)[C@H](CC(N)=O)NC2=O)C(=O)N[C@@H]([C@H](C)O)C(=O)N[C@@H](CO)C(=O)N[C@@H](Cc2ccccc2)C(=O)N1. The lowest BCUT2D eigenvalue weighted by Gasteiger charge is -2.33. The molecule has 0 unspecified atom stereocenters. The molecule has 118 heavy (non-hydrogen) atoms. The van der Waals surface area contributed by atoms with Gasteiger partial charge in [-0.2, -0.15) is 0 Å². The Morgan fingerprint density at radius 2 is 1.14 bits per heavy atom. The first-order chi connectivity index (χ1) is 55.8. The van der Waals surface area contributed by atoms with Crippen LogP contribution >= 0.6 is 31.9 Å². The van der Waals surface area contributed by atoms with Crippen molar-refractivity contribution in [3.63, 3.8) is 0 Å². The van der Waals surface area contributed by atoms with Crippen molar-refractivity contribution in [1.29, 1.82) is 0 Å². The van der Waals surface area contributed by atoms with Crippen molar-refractivity contribution >= 4 is 127 Å². The maximum absolute atomic E-state index is 15.3. The second kappa shape index (κ2) is 44.5. The third-order valence-corrected chi connectivity index (χ3v) is 19.8. The van der Waals surface area contributed by atoms with Gasteiger partial charge in [-0.1, -0.05) is 110 Å². The van der Waals surface area contributed by atoms with Crippen LogP contribution in [0.5, 0.6) is 0 Å². The number of aromatic nitrogens is 2. The van der Waals surface area contributed by atoms with Crippen molar-refractivity contribution < 1.29 is 132 Å². The van der Waals surface area contributed by atoms with E-state index in [1.54, 1.807) is 73.7 Å². The van der Waals surface area contributed by atoms with Crippen LogP contribution in [0.3, 0.4) is 0 Å². The molecular weight excluding hydrogens is 1690 g/mol. The van der Waals surface area contributed by atoms with E-state index in [2.05, 4.69) is 90.3 Å². The molecule has 0 radical (unpaired) electrons. The fourth-order valence-corrected chi connectivity index (χ4v) is 13.0. The molecule has 14 amide bonds. The number of aliphatic hydroxyl groups is 9. The summed E-state index contributed by atoms with van der Waals surface area (Å²) in [7, 11) is 0. The summed E-state index contributed by atoms with van der Waals surface area (Å²) in [5.41, 5.74) is 12.4. The number of hydrogen-bond donors (Lipinski definition) is 23. The number of primary amides is 2. The number of carboxylic acids is 1. The van der Waals surface area contributed by atoms with E-state index in [1.807, 2.05) is 5.32 Å². The van der Waals surface area contributed by atoms with Gasteiger partial charge in [-0.05, 0) is 61.2 Å². The second-order valence-corrected chi connectivity index (χ2v) is 30.0. The summed E-state index contributed by atoms with van der Waals surface area (Å²) in [6.45, 7) is -2.54. The Hall–Kier alpha value is -11.0. The molecule has 4 heterocycles. The number of hydrogen-bond acceptors (Lipinski definition) is 26. The van der Waals surface area contributed by atoms with Crippen LogP contribution in [0.25, 0.3) is 6.08 Å². The first-order valence-corrected chi connectivity index (χ1v) is 38.4. The van der Waals surface area contributed by atoms with Gasteiger partial charge in [-0.3, -0.25) is 67.1 Å². The fraction of sp³-hybridized carbons (Fsp3) is 0.459. The number of aliphatic hydroxyl groups excluding tert-OH is 9. The van der Waals surface area contributed by atoms with Gasteiger partial charge >= 0.3 is 0 Å². The number of carboxylic acid groups (broad SMARTS) is 1. The number of carbonyl (C=O) groups is 15. The average Bonchev–Trinajstić information content (AvgIpc) is 1.62. The minimum Gasteiger partial charge on any atom is -0.548 e. The van der Waals surface area contributed by atoms with Crippen molar-refractivity contribution in [3.8, 4) is 0 Å². The van der Waals surface area contributed by atoms with Crippen LogP contribution in [0.1, 0.15) is 74.6 Å². The third kappa shape index (κ3) is 28.1.